The maximum atomic E-state index is 12.4. The highest BCUT2D eigenvalue weighted by Gasteiger charge is 2.34. The molecule has 2 fully saturated rings. The molecule has 1 saturated carbocycles. The smallest absolute Gasteiger partial charge is 0.306 e. The minimum atomic E-state index is -0.702. The molecule has 102 valence electrons. The molecule has 1 aliphatic heterocycles. The SMILES string of the molecule is CC1CCCCN1C(=O)C1CCC(C(=O)O)CC1. The molecule has 18 heavy (non-hydrogen) atoms. The second kappa shape index (κ2) is 5.72. The number of carboxylic acid groups (broad SMARTS) is 1. The van der Waals surface area contributed by atoms with Crippen LogP contribution in [0.3, 0.4) is 0 Å². The highest BCUT2D eigenvalue weighted by atomic mass is 16.4. The lowest BCUT2D eigenvalue weighted by atomic mass is 9.81. The summed E-state index contributed by atoms with van der Waals surface area (Å²) in [6, 6.07) is 0.364. The standard InChI is InChI=1S/C14H23NO3/c1-10-4-2-3-9-15(10)13(16)11-5-7-12(8-6-11)14(17)18/h10-12H,2-9H2,1H3,(H,17,18). The van der Waals surface area contributed by atoms with Crippen LogP contribution in [0.2, 0.25) is 0 Å². The molecule has 0 spiro atoms. The van der Waals surface area contributed by atoms with E-state index in [0.29, 0.717) is 18.9 Å². The van der Waals surface area contributed by atoms with E-state index in [0.717, 1.165) is 32.2 Å². The predicted molar refractivity (Wildman–Crippen MR) is 68.1 cm³/mol. The third-order valence-corrected chi connectivity index (χ3v) is 4.51. The van der Waals surface area contributed by atoms with Crippen molar-refractivity contribution in [2.75, 3.05) is 6.54 Å². The number of carbonyl (C=O) groups is 2. The first-order valence-electron chi connectivity index (χ1n) is 7.13. The Hall–Kier alpha value is -1.06. The topological polar surface area (TPSA) is 57.6 Å². The molecule has 1 unspecified atom stereocenters. The van der Waals surface area contributed by atoms with Gasteiger partial charge in [-0.25, -0.2) is 0 Å². The minimum Gasteiger partial charge on any atom is -0.481 e. The van der Waals surface area contributed by atoms with Gasteiger partial charge in [-0.2, -0.15) is 0 Å². The Labute approximate surface area is 108 Å². The lowest BCUT2D eigenvalue weighted by molar-refractivity contribution is -0.146. The molecule has 1 amide bonds. The van der Waals surface area contributed by atoms with Gasteiger partial charge in [0.15, 0.2) is 0 Å². The zero-order valence-corrected chi connectivity index (χ0v) is 11.1. The first-order valence-corrected chi connectivity index (χ1v) is 7.13. The van der Waals surface area contributed by atoms with E-state index >= 15 is 0 Å². The lowest BCUT2D eigenvalue weighted by Gasteiger charge is -2.37. The highest BCUT2D eigenvalue weighted by molar-refractivity contribution is 5.80. The van der Waals surface area contributed by atoms with Gasteiger partial charge in [0.25, 0.3) is 0 Å². The van der Waals surface area contributed by atoms with Crippen LogP contribution in [-0.4, -0.2) is 34.5 Å². The van der Waals surface area contributed by atoms with Crippen molar-refractivity contribution < 1.29 is 14.7 Å². The molecule has 1 saturated heterocycles. The molecule has 4 heteroatoms. The molecule has 0 aromatic carbocycles. The van der Waals surface area contributed by atoms with Gasteiger partial charge < -0.3 is 10.0 Å². The van der Waals surface area contributed by atoms with Gasteiger partial charge in [-0.15, -0.1) is 0 Å². The Morgan fingerprint density at radius 2 is 1.61 bits per heavy atom. The van der Waals surface area contributed by atoms with Crippen molar-refractivity contribution in [3.63, 3.8) is 0 Å². The van der Waals surface area contributed by atoms with Crippen LogP contribution in [0.25, 0.3) is 0 Å². The van der Waals surface area contributed by atoms with E-state index in [9.17, 15) is 9.59 Å². The van der Waals surface area contributed by atoms with Crippen LogP contribution in [-0.2, 0) is 9.59 Å². The molecular weight excluding hydrogens is 230 g/mol. The Kier molecular flexibility index (Phi) is 4.25. The first kappa shape index (κ1) is 13.4. The van der Waals surface area contributed by atoms with E-state index in [2.05, 4.69) is 6.92 Å². The van der Waals surface area contributed by atoms with Crippen molar-refractivity contribution in [1.29, 1.82) is 0 Å². The molecule has 0 aromatic heterocycles. The van der Waals surface area contributed by atoms with Crippen molar-refractivity contribution in [2.45, 2.75) is 57.9 Å². The molecule has 0 bridgehead atoms. The number of likely N-dealkylation sites (tertiary alicyclic amines) is 1. The molecule has 2 aliphatic rings. The summed E-state index contributed by atoms with van der Waals surface area (Å²) in [4.78, 5) is 25.3. The normalized spacial score (nSPS) is 33.2. The third kappa shape index (κ3) is 2.85. The van der Waals surface area contributed by atoms with Crippen LogP contribution in [0.1, 0.15) is 51.9 Å². The number of hydrogen-bond acceptors (Lipinski definition) is 2. The summed E-state index contributed by atoms with van der Waals surface area (Å²) >= 11 is 0. The van der Waals surface area contributed by atoms with Crippen molar-refractivity contribution in [3.8, 4) is 0 Å². The summed E-state index contributed by atoms with van der Waals surface area (Å²) in [5, 5.41) is 8.96. The first-order chi connectivity index (χ1) is 8.59. The van der Waals surface area contributed by atoms with Crippen LogP contribution < -0.4 is 0 Å². The maximum absolute atomic E-state index is 12.4. The monoisotopic (exact) mass is 253 g/mol. The van der Waals surface area contributed by atoms with Gasteiger partial charge in [-0.05, 0) is 51.9 Å². The average Bonchev–Trinajstić information content (AvgIpc) is 2.38. The Balaban J connectivity index is 1.88. The number of carbonyl (C=O) groups excluding carboxylic acids is 1. The van der Waals surface area contributed by atoms with Crippen LogP contribution in [0, 0.1) is 11.8 Å². The number of aliphatic carboxylic acids is 1. The number of rotatable bonds is 2. The second-order valence-electron chi connectivity index (χ2n) is 5.76. The van der Waals surface area contributed by atoms with Gasteiger partial charge in [0.2, 0.25) is 5.91 Å². The number of piperidine rings is 1. The largest absolute Gasteiger partial charge is 0.481 e. The highest BCUT2D eigenvalue weighted by Crippen LogP contribution is 2.31. The summed E-state index contributed by atoms with van der Waals surface area (Å²) in [7, 11) is 0. The van der Waals surface area contributed by atoms with E-state index in [4.69, 9.17) is 5.11 Å². The van der Waals surface area contributed by atoms with Gasteiger partial charge in [-0.3, -0.25) is 9.59 Å². The summed E-state index contributed by atoms with van der Waals surface area (Å²) in [5.41, 5.74) is 0. The molecule has 1 atom stereocenters. The van der Waals surface area contributed by atoms with E-state index in [1.165, 1.54) is 6.42 Å². The molecule has 1 aliphatic carbocycles. The lowest BCUT2D eigenvalue weighted by Crippen LogP contribution is -2.45. The van der Waals surface area contributed by atoms with Crippen LogP contribution >= 0.6 is 0 Å². The van der Waals surface area contributed by atoms with Gasteiger partial charge in [0.05, 0.1) is 5.92 Å². The Bertz CT molecular complexity index is 321. The second-order valence-corrected chi connectivity index (χ2v) is 5.76. The number of carboxylic acids is 1. The van der Waals surface area contributed by atoms with E-state index in [-0.39, 0.29) is 17.7 Å². The maximum Gasteiger partial charge on any atom is 0.306 e. The average molecular weight is 253 g/mol. The van der Waals surface area contributed by atoms with Gasteiger partial charge in [0.1, 0.15) is 0 Å². The van der Waals surface area contributed by atoms with Crippen molar-refractivity contribution in [2.24, 2.45) is 11.8 Å². The van der Waals surface area contributed by atoms with Gasteiger partial charge in [0, 0.05) is 18.5 Å². The Morgan fingerprint density at radius 3 is 2.17 bits per heavy atom. The van der Waals surface area contributed by atoms with Crippen LogP contribution in [0.4, 0.5) is 0 Å². The fourth-order valence-electron chi connectivity index (χ4n) is 3.25. The molecule has 1 heterocycles. The molecule has 1 N–H and O–H groups in total. The zero-order chi connectivity index (χ0) is 13.1. The van der Waals surface area contributed by atoms with Crippen molar-refractivity contribution in [3.05, 3.63) is 0 Å². The molecule has 4 nitrogen and oxygen atoms in total. The fourth-order valence-corrected chi connectivity index (χ4v) is 3.25. The summed E-state index contributed by atoms with van der Waals surface area (Å²) < 4.78 is 0. The van der Waals surface area contributed by atoms with Crippen molar-refractivity contribution in [1.82, 2.24) is 4.90 Å². The van der Waals surface area contributed by atoms with E-state index < -0.39 is 5.97 Å². The third-order valence-electron chi connectivity index (χ3n) is 4.51. The van der Waals surface area contributed by atoms with Crippen LogP contribution in [0.5, 0.6) is 0 Å². The van der Waals surface area contributed by atoms with E-state index in [1.807, 2.05) is 4.90 Å². The zero-order valence-electron chi connectivity index (χ0n) is 11.1. The molecular formula is C14H23NO3. The van der Waals surface area contributed by atoms with E-state index in [1.54, 1.807) is 0 Å². The van der Waals surface area contributed by atoms with Gasteiger partial charge in [-0.1, -0.05) is 0 Å². The summed E-state index contributed by atoms with van der Waals surface area (Å²) in [6.45, 7) is 3.01. The number of hydrogen-bond donors (Lipinski definition) is 1. The minimum absolute atomic E-state index is 0.0705. The fraction of sp³-hybridized carbons (Fsp3) is 0.857. The predicted octanol–water partition coefficient (Wildman–Crippen LogP) is 2.28. The summed E-state index contributed by atoms with van der Waals surface area (Å²) in [6.07, 6.45) is 6.26. The van der Waals surface area contributed by atoms with Gasteiger partial charge >= 0.3 is 5.97 Å². The quantitative estimate of drug-likeness (QED) is 0.821. The van der Waals surface area contributed by atoms with Crippen molar-refractivity contribution >= 4 is 11.9 Å². The Morgan fingerprint density at radius 1 is 1.00 bits per heavy atom. The molecule has 2 rings (SSSR count). The number of amides is 1. The molecule has 0 aromatic rings. The van der Waals surface area contributed by atoms with Crippen LogP contribution in [0.15, 0.2) is 0 Å². The summed E-state index contributed by atoms with van der Waals surface area (Å²) in [5.74, 6) is -0.591. The molecule has 0 radical (unpaired) electrons. The number of nitrogens with zero attached hydrogens (tertiary/aromatic N) is 1.